The number of carbonyl (C=O) groups is 1. The number of sulfone groups is 1. The summed E-state index contributed by atoms with van der Waals surface area (Å²) in [5.74, 6) is -2.16. The Balaban J connectivity index is 2.85. The number of aliphatic hydroxyl groups excluding tert-OH is 1. The third kappa shape index (κ3) is 10.3. The lowest BCUT2D eigenvalue weighted by Crippen LogP contribution is -2.62. The normalized spacial score (nSPS) is 27.3. The highest BCUT2D eigenvalue weighted by Gasteiger charge is 2.53. The monoisotopic (exact) mass is 531 g/mol. The van der Waals surface area contributed by atoms with Gasteiger partial charge in [-0.25, -0.2) is 21.6 Å². The first-order valence-electron chi connectivity index (χ1n) is 8.96. The van der Waals surface area contributed by atoms with Crippen molar-refractivity contribution < 1.29 is 67.2 Å². The molecule has 0 aromatic heterocycles. The number of ether oxygens (including phenoxy) is 2. The molecule has 0 aliphatic carbocycles. The molecule has 19 heteroatoms. The van der Waals surface area contributed by atoms with Crippen molar-refractivity contribution in [2.24, 2.45) is 5.73 Å². The lowest BCUT2D eigenvalue weighted by Gasteiger charge is -2.40. The van der Waals surface area contributed by atoms with Crippen molar-refractivity contribution in [3.63, 3.8) is 0 Å². The van der Waals surface area contributed by atoms with Crippen LogP contribution in [0.25, 0.3) is 0 Å². The predicted molar refractivity (Wildman–Crippen MR) is 103 cm³/mol. The average molecular weight is 532 g/mol. The van der Waals surface area contributed by atoms with E-state index in [4.69, 9.17) is 24.3 Å². The molecule has 1 heterocycles. The first-order chi connectivity index (χ1) is 14.6. The second-order valence-corrected chi connectivity index (χ2v) is 11.0. The number of aliphatic carboxylic acids is 1. The summed E-state index contributed by atoms with van der Waals surface area (Å²) in [6.45, 7) is -0.273. The van der Waals surface area contributed by atoms with Gasteiger partial charge >= 0.3 is 26.8 Å². The molecule has 0 aromatic carbocycles. The molecule has 0 amide bonds. The van der Waals surface area contributed by atoms with Gasteiger partial charge in [0.15, 0.2) is 28.3 Å². The number of carboxylic acid groups (broad SMARTS) is 1. The van der Waals surface area contributed by atoms with Gasteiger partial charge < -0.3 is 25.4 Å². The van der Waals surface area contributed by atoms with Gasteiger partial charge in [0, 0.05) is 13.2 Å². The number of carboxylic acids is 1. The fourth-order valence-electron chi connectivity index (χ4n) is 2.73. The summed E-state index contributed by atoms with van der Waals surface area (Å²) >= 11 is 0. The quantitative estimate of drug-likeness (QED) is 0.111. The van der Waals surface area contributed by atoms with Crippen molar-refractivity contribution in [2.45, 2.75) is 50.0 Å². The average Bonchev–Trinajstić information content (AvgIpc) is 2.60. The summed E-state index contributed by atoms with van der Waals surface area (Å²) in [6.07, 6.45) is -10.4. The van der Waals surface area contributed by atoms with Crippen molar-refractivity contribution in [1.29, 1.82) is 0 Å². The fourth-order valence-corrected chi connectivity index (χ4v) is 4.92. The molecule has 32 heavy (non-hydrogen) atoms. The van der Waals surface area contributed by atoms with Crippen molar-refractivity contribution >= 4 is 36.6 Å². The number of nitrogens with two attached hydrogens (primary N) is 1. The largest absolute Gasteiger partial charge is 0.479 e. The summed E-state index contributed by atoms with van der Waals surface area (Å²) in [5, 5.41) is 19.4. The van der Waals surface area contributed by atoms with Gasteiger partial charge in [0.25, 0.3) is 0 Å². The van der Waals surface area contributed by atoms with Crippen LogP contribution in [0, 0.1) is 0 Å². The smallest absolute Gasteiger partial charge is 0.397 e. The minimum absolute atomic E-state index is 0.0189. The SMILES string of the molecule is NCCS(=O)(=O)CCCCCO[C@@H]1O[C@@H](C(=O)O)[C@@H](OS(=O)(=O)O)[C@H](O)[C@H]1OS(=O)(=O)O. The summed E-state index contributed by atoms with van der Waals surface area (Å²) in [5.41, 5.74) is 5.19. The Labute approximate surface area is 184 Å². The Morgan fingerprint density at radius 1 is 0.906 bits per heavy atom. The van der Waals surface area contributed by atoms with Crippen LogP contribution in [0.1, 0.15) is 19.3 Å². The Morgan fingerprint density at radius 3 is 1.97 bits per heavy atom. The van der Waals surface area contributed by atoms with E-state index in [-0.39, 0.29) is 37.5 Å². The maximum absolute atomic E-state index is 11.6. The molecule has 0 unspecified atom stereocenters. The van der Waals surface area contributed by atoms with Gasteiger partial charge in [-0.1, -0.05) is 6.42 Å². The molecule has 16 nitrogen and oxygen atoms in total. The van der Waals surface area contributed by atoms with Crippen LogP contribution in [0.2, 0.25) is 0 Å². The van der Waals surface area contributed by atoms with E-state index in [2.05, 4.69) is 8.37 Å². The third-order valence-corrected chi connectivity index (χ3v) is 6.74. The molecule has 0 spiro atoms. The van der Waals surface area contributed by atoms with Gasteiger partial charge in [-0.2, -0.15) is 16.8 Å². The molecule has 1 aliphatic heterocycles. The Hall–Kier alpha value is -1.00. The molecular formula is C13H25NO15S3. The van der Waals surface area contributed by atoms with Gasteiger partial charge in [-0.3, -0.25) is 9.11 Å². The topological polar surface area (TPSA) is 263 Å². The van der Waals surface area contributed by atoms with Crippen molar-refractivity contribution in [3.8, 4) is 0 Å². The summed E-state index contributed by atoms with van der Waals surface area (Å²) < 4.78 is 103. The van der Waals surface area contributed by atoms with E-state index in [0.29, 0.717) is 6.42 Å². The summed E-state index contributed by atoms with van der Waals surface area (Å²) in [7, 11) is -13.9. The van der Waals surface area contributed by atoms with Gasteiger partial charge in [0.05, 0.1) is 11.5 Å². The van der Waals surface area contributed by atoms with E-state index in [1.807, 2.05) is 0 Å². The highest BCUT2D eigenvalue weighted by atomic mass is 32.3. The van der Waals surface area contributed by atoms with Crippen molar-refractivity contribution in [3.05, 3.63) is 0 Å². The Bertz CT molecular complexity index is 932. The maximum atomic E-state index is 11.6. The Morgan fingerprint density at radius 2 is 1.47 bits per heavy atom. The molecule has 190 valence electrons. The summed E-state index contributed by atoms with van der Waals surface area (Å²) in [6, 6.07) is 0. The maximum Gasteiger partial charge on any atom is 0.397 e. The molecule has 5 atom stereocenters. The molecule has 0 aromatic rings. The zero-order valence-electron chi connectivity index (χ0n) is 16.4. The Kier molecular flexibility index (Phi) is 10.8. The minimum Gasteiger partial charge on any atom is -0.479 e. The number of hydrogen-bond acceptors (Lipinski definition) is 13. The second-order valence-electron chi connectivity index (χ2n) is 6.60. The van der Waals surface area contributed by atoms with Crippen LogP contribution in [0.3, 0.4) is 0 Å². The van der Waals surface area contributed by atoms with Crippen molar-refractivity contribution in [1.82, 2.24) is 0 Å². The minimum atomic E-state index is -5.32. The van der Waals surface area contributed by atoms with E-state index in [9.17, 15) is 40.3 Å². The van der Waals surface area contributed by atoms with E-state index in [0.717, 1.165) is 0 Å². The molecule has 1 rings (SSSR count). The van der Waals surface area contributed by atoms with Crippen molar-refractivity contribution in [2.75, 3.05) is 24.7 Å². The van der Waals surface area contributed by atoms with Crippen LogP contribution < -0.4 is 5.73 Å². The predicted octanol–water partition coefficient (Wildman–Crippen LogP) is -2.91. The van der Waals surface area contributed by atoms with Crippen LogP contribution in [0.5, 0.6) is 0 Å². The second kappa shape index (κ2) is 11.9. The van der Waals surface area contributed by atoms with Gasteiger partial charge in [0.2, 0.25) is 0 Å². The zero-order chi connectivity index (χ0) is 24.7. The molecule has 6 N–H and O–H groups in total. The van der Waals surface area contributed by atoms with Crippen LogP contribution in [-0.4, -0.2) is 106 Å². The molecule has 1 saturated heterocycles. The van der Waals surface area contributed by atoms with E-state index < -0.39 is 67.3 Å². The van der Waals surface area contributed by atoms with E-state index >= 15 is 0 Å². The zero-order valence-corrected chi connectivity index (χ0v) is 18.9. The standard InChI is InChI=1S/C13H25NO15S3/c14-4-7-30(18,19)6-3-1-2-5-26-13-10(29-32(23,24)25)8(15)9(28-31(20,21)22)11(27-13)12(16)17/h8-11,13,15H,1-7,14H2,(H,16,17)(H,20,21,22)(H,23,24,25)/t8-,9-,10+,11+,13+/m0/s1. The molecule has 1 fully saturated rings. The highest BCUT2D eigenvalue weighted by molar-refractivity contribution is 7.91. The van der Waals surface area contributed by atoms with E-state index in [1.165, 1.54) is 0 Å². The third-order valence-electron chi connectivity index (χ3n) is 4.04. The van der Waals surface area contributed by atoms with Gasteiger partial charge in [0.1, 0.15) is 12.2 Å². The summed E-state index contributed by atoms with van der Waals surface area (Å²) in [4.78, 5) is 11.4. The number of rotatable bonds is 14. The molecule has 1 aliphatic rings. The van der Waals surface area contributed by atoms with Crippen LogP contribution in [0.15, 0.2) is 0 Å². The molecule has 0 saturated carbocycles. The van der Waals surface area contributed by atoms with Crippen LogP contribution in [-0.2, 0) is 53.3 Å². The molecular weight excluding hydrogens is 506 g/mol. The first-order valence-corrected chi connectivity index (χ1v) is 13.5. The number of aliphatic hydroxyl groups is 1. The van der Waals surface area contributed by atoms with Gasteiger partial charge in [-0.15, -0.1) is 0 Å². The van der Waals surface area contributed by atoms with Crippen LogP contribution >= 0.6 is 0 Å². The first kappa shape index (κ1) is 29.0. The van der Waals surface area contributed by atoms with Gasteiger partial charge in [-0.05, 0) is 12.8 Å². The lowest BCUT2D eigenvalue weighted by atomic mass is 9.99. The fraction of sp³-hybridized carbons (Fsp3) is 0.923. The van der Waals surface area contributed by atoms with Crippen LogP contribution in [0.4, 0.5) is 0 Å². The number of unbranched alkanes of at least 4 members (excludes halogenated alkanes) is 2. The lowest BCUT2D eigenvalue weighted by molar-refractivity contribution is -0.285. The van der Waals surface area contributed by atoms with E-state index in [1.54, 1.807) is 0 Å². The number of hydrogen-bond donors (Lipinski definition) is 5. The highest BCUT2D eigenvalue weighted by Crippen LogP contribution is 2.29. The molecule has 0 radical (unpaired) electrons. The molecule has 0 bridgehead atoms.